The zero-order chi connectivity index (χ0) is 12.0. The third-order valence-electron chi connectivity index (χ3n) is 2.22. The Bertz CT molecular complexity index is 328. The Hall–Kier alpha value is -1.35. The second kappa shape index (κ2) is 5.66. The highest BCUT2D eigenvalue weighted by molar-refractivity contribution is 5.72. The van der Waals surface area contributed by atoms with Crippen molar-refractivity contribution in [1.29, 1.82) is 0 Å². The highest BCUT2D eigenvalue weighted by Crippen LogP contribution is 2.01. The van der Waals surface area contributed by atoms with Crippen molar-refractivity contribution in [3.8, 4) is 0 Å². The molecule has 0 N–H and O–H groups in total. The molecule has 0 radical (unpaired) electrons. The summed E-state index contributed by atoms with van der Waals surface area (Å²) in [7, 11) is 6.22. The van der Waals surface area contributed by atoms with E-state index in [0.29, 0.717) is 13.0 Å². The van der Waals surface area contributed by atoms with Crippen LogP contribution < -0.4 is 0 Å². The van der Waals surface area contributed by atoms with E-state index in [1.807, 2.05) is 30.3 Å². The number of benzene rings is 1. The van der Waals surface area contributed by atoms with Crippen LogP contribution in [0.2, 0.25) is 0 Å². The molecule has 3 heteroatoms. The first-order valence-corrected chi connectivity index (χ1v) is 5.47. The number of ether oxygens (including phenoxy) is 1. The Kier molecular flexibility index (Phi) is 4.50. The van der Waals surface area contributed by atoms with Crippen LogP contribution in [0.3, 0.4) is 0 Å². The molecule has 0 heterocycles. The number of carbonyl (C=O) groups is 1. The van der Waals surface area contributed by atoms with Gasteiger partial charge < -0.3 is 9.22 Å². The molecule has 0 fully saturated rings. The molecule has 0 saturated carbocycles. The summed E-state index contributed by atoms with van der Waals surface area (Å²) in [6.07, 6.45) is 0.359. The molecule has 0 amide bonds. The summed E-state index contributed by atoms with van der Waals surface area (Å²) in [4.78, 5) is 11.5. The molecule has 0 aromatic heterocycles. The van der Waals surface area contributed by atoms with E-state index in [1.54, 1.807) is 0 Å². The Morgan fingerprint density at radius 3 is 2.38 bits per heavy atom. The van der Waals surface area contributed by atoms with E-state index in [4.69, 9.17) is 4.74 Å². The van der Waals surface area contributed by atoms with Crippen LogP contribution in [0.25, 0.3) is 0 Å². The molecule has 1 aromatic rings. The predicted molar refractivity (Wildman–Crippen MR) is 64.0 cm³/mol. The second-order valence-corrected chi connectivity index (χ2v) is 4.90. The van der Waals surface area contributed by atoms with Gasteiger partial charge in [-0.15, -0.1) is 0 Å². The van der Waals surface area contributed by atoms with Crippen molar-refractivity contribution in [3.63, 3.8) is 0 Å². The van der Waals surface area contributed by atoms with Gasteiger partial charge in [0.1, 0.15) is 13.2 Å². The Labute approximate surface area is 97.2 Å². The summed E-state index contributed by atoms with van der Waals surface area (Å²) >= 11 is 0. The van der Waals surface area contributed by atoms with E-state index in [-0.39, 0.29) is 5.97 Å². The van der Waals surface area contributed by atoms with Crippen molar-refractivity contribution in [2.45, 2.75) is 6.42 Å². The Balaban J connectivity index is 2.27. The van der Waals surface area contributed by atoms with Gasteiger partial charge in [0.2, 0.25) is 0 Å². The molecule has 1 rings (SSSR count). The van der Waals surface area contributed by atoms with Gasteiger partial charge >= 0.3 is 5.97 Å². The van der Waals surface area contributed by atoms with Crippen molar-refractivity contribution in [2.24, 2.45) is 0 Å². The zero-order valence-corrected chi connectivity index (χ0v) is 10.3. The molecular weight excluding hydrogens is 202 g/mol. The van der Waals surface area contributed by atoms with Gasteiger partial charge in [-0.3, -0.25) is 4.79 Å². The van der Waals surface area contributed by atoms with Crippen molar-refractivity contribution in [1.82, 2.24) is 0 Å². The molecular formula is C13H20NO2+. The number of esters is 1. The van der Waals surface area contributed by atoms with Gasteiger partial charge in [0.05, 0.1) is 27.6 Å². The van der Waals surface area contributed by atoms with E-state index in [9.17, 15) is 4.79 Å². The lowest BCUT2D eigenvalue weighted by molar-refractivity contribution is -0.870. The summed E-state index contributed by atoms with van der Waals surface area (Å²) in [5.74, 6) is -0.153. The molecule has 0 unspecified atom stereocenters. The number of nitrogens with zero attached hydrogens (tertiary/aromatic N) is 1. The van der Waals surface area contributed by atoms with E-state index < -0.39 is 0 Å². The Morgan fingerprint density at radius 1 is 1.19 bits per heavy atom. The summed E-state index contributed by atoms with van der Waals surface area (Å²) in [5.41, 5.74) is 0.998. The number of quaternary nitrogens is 1. The van der Waals surface area contributed by atoms with Gasteiger partial charge in [0.25, 0.3) is 0 Å². The quantitative estimate of drug-likeness (QED) is 0.557. The minimum absolute atomic E-state index is 0.153. The fourth-order valence-corrected chi connectivity index (χ4v) is 1.25. The normalized spacial score (nSPS) is 11.2. The molecule has 88 valence electrons. The minimum atomic E-state index is -0.153. The Morgan fingerprint density at radius 2 is 1.81 bits per heavy atom. The lowest BCUT2D eigenvalue weighted by Crippen LogP contribution is -2.38. The van der Waals surface area contributed by atoms with Gasteiger partial charge in [-0.25, -0.2) is 0 Å². The van der Waals surface area contributed by atoms with Crippen LogP contribution in [0, 0.1) is 0 Å². The van der Waals surface area contributed by atoms with E-state index >= 15 is 0 Å². The first kappa shape index (κ1) is 12.7. The molecule has 1 aromatic carbocycles. The number of carbonyl (C=O) groups excluding carboxylic acids is 1. The molecule has 0 aliphatic carbocycles. The fraction of sp³-hybridized carbons (Fsp3) is 0.462. The summed E-state index contributed by atoms with van der Waals surface area (Å²) < 4.78 is 5.97. The van der Waals surface area contributed by atoms with Gasteiger partial charge in [0, 0.05) is 0 Å². The lowest BCUT2D eigenvalue weighted by Gasteiger charge is -2.23. The maximum absolute atomic E-state index is 11.5. The highest BCUT2D eigenvalue weighted by Gasteiger charge is 2.09. The molecule has 16 heavy (non-hydrogen) atoms. The first-order chi connectivity index (χ1) is 7.47. The molecule has 0 spiro atoms. The van der Waals surface area contributed by atoms with E-state index in [2.05, 4.69) is 21.1 Å². The number of likely N-dealkylation sites (N-methyl/N-ethyl adjacent to an activating group) is 1. The SMILES string of the molecule is C[N+](C)(C)CCOC(=O)Cc1ccccc1. The molecule has 0 bridgehead atoms. The van der Waals surface area contributed by atoms with Gasteiger partial charge in [-0.2, -0.15) is 0 Å². The van der Waals surface area contributed by atoms with Crippen molar-refractivity contribution in [3.05, 3.63) is 35.9 Å². The molecule has 3 nitrogen and oxygen atoms in total. The highest BCUT2D eigenvalue weighted by atomic mass is 16.5. The molecule has 0 saturated heterocycles. The smallest absolute Gasteiger partial charge is 0.310 e. The maximum Gasteiger partial charge on any atom is 0.310 e. The second-order valence-electron chi connectivity index (χ2n) is 4.90. The lowest BCUT2D eigenvalue weighted by atomic mass is 10.2. The third-order valence-corrected chi connectivity index (χ3v) is 2.22. The average Bonchev–Trinajstić information content (AvgIpc) is 2.17. The van der Waals surface area contributed by atoms with Crippen LogP contribution >= 0.6 is 0 Å². The van der Waals surface area contributed by atoms with E-state index in [0.717, 1.165) is 16.6 Å². The summed E-state index contributed by atoms with van der Waals surface area (Å²) in [6.45, 7) is 1.32. The topological polar surface area (TPSA) is 26.3 Å². The van der Waals surface area contributed by atoms with Crippen molar-refractivity contribution < 1.29 is 14.0 Å². The average molecular weight is 222 g/mol. The maximum atomic E-state index is 11.5. The fourth-order valence-electron chi connectivity index (χ4n) is 1.25. The monoisotopic (exact) mass is 222 g/mol. The van der Waals surface area contributed by atoms with Crippen LogP contribution in [-0.2, 0) is 16.0 Å². The van der Waals surface area contributed by atoms with Crippen LogP contribution in [0.4, 0.5) is 0 Å². The summed E-state index contributed by atoms with van der Waals surface area (Å²) in [6, 6.07) is 9.65. The van der Waals surface area contributed by atoms with Crippen LogP contribution in [0.1, 0.15) is 5.56 Å². The van der Waals surface area contributed by atoms with Gasteiger partial charge in [-0.1, -0.05) is 30.3 Å². The van der Waals surface area contributed by atoms with Crippen LogP contribution in [0.15, 0.2) is 30.3 Å². The first-order valence-electron chi connectivity index (χ1n) is 5.47. The molecule has 0 aliphatic rings. The zero-order valence-electron chi connectivity index (χ0n) is 10.3. The predicted octanol–water partition coefficient (Wildman–Crippen LogP) is 1.48. The van der Waals surface area contributed by atoms with E-state index in [1.165, 1.54) is 0 Å². The van der Waals surface area contributed by atoms with Crippen molar-refractivity contribution >= 4 is 5.97 Å². The number of hydrogen-bond acceptors (Lipinski definition) is 2. The van der Waals surface area contributed by atoms with Crippen LogP contribution in [-0.4, -0.2) is 44.7 Å². The third kappa shape index (κ3) is 5.51. The minimum Gasteiger partial charge on any atom is -0.459 e. The standard InChI is InChI=1S/C13H20NO2/c1-14(2,3)9-10-16-13(15)11-12-7-5-4-6-8-12/h4-8H,9-11H2,1-3H3/q+1. The van der Waals surface area contributed by atoms with Gasteiger partial charge in [0.15, 0.2) is 0 Å². The number of hydrogen-bond donors (Lipinski definition) is 0. The number of rotatable bonds is 5. The van der Waals surface area contributed by atoms with Crippen LogP contribution in [0.5, 0.6) is 0 Å². The van der Waals surface area contributed by atoms with Gasteiger partial charge in [-0.05, 0) is 5.56 Å². The largest absolute Gasteiger partial charge is 0.459 e. The van der Waals surface area contributed by atoms with Crippen molar-refractivity contribution in [2.75, 3.05) is 34.3 Å². The molecule has 0 aliphatic heterocycles. The molecule has 0 atom stereocenters. The summed E-state index contributed by atoms with van der Waals surface area (Å²) in [5, 5.41) is 0.